The summed E-state index contributed by atoms with van der Waals surface area (Å²) in [6, 6.07) is 10.1. The molecule has 0 aliphatic heterocycles. The van der Waals surface area contributed by atoms with E-state index >= 15 is 0 Å². The Balaban J connectivity index is 1.95. The van der Waals surface area contributed by atoms with Gasteiger partial charge in [0.15, 0.2) is 18.1 Å². The van der Waals surface area contributed by atoms with Crippen molar-refractivity contribution in [3.8, 4) is 17.2 Å². The van der Waals surface area contributed by atoms with Crippen molar-refractivity contribution in [3.63, 3.8) is 0 Å². The molecule has 1 N–H and O–H groups in total. The van der Waals surface area contributed by atoms with E-state index in [9.17, 15) is 4.79 Å². The number of carbonyl (C=O) groups is 1. The predicted molar refractivity (Wildman–Crippen MR) is 98.1 cm³/mol. The summed E-state index contributed by atoms with van der Waals surface area (Å²) in [5.74, 6) is 1.36. The Labute approximate surface area is 156 Å². The van der Waals surface area contributed by atoms with Crippen molar-refractivity contribution in [1.29, 1.82) is 0 Å². The van der Waals surface area contributed by atoms with E-state index in [0.29, 0.717) is 27.3 Å². The van der Waals surface area contributed by atoms with Gasteiger partial charge in [-0.3, -0.25) is 4.79 Å². The third kappa shape index (κ3) is 5.18. The number of methoxy groups -OCH3 is 2. The van der Waals surface area contributed by atoms with Crippen molar-refractivity contribution in [2.75, 3.05) is 20.8 Å². The van der Waals surface area contributed by atoms with Crippen molar-refractivity contribution in [1.82, 2.24) is 5.32 Å². The molecule has 0 heterocycles. The summed E-state index contributed by atoms with van der Waals surface area (Å²) in [7, 11) is 3.14. The van der Waals surface area contributed by atoms with E-state index in [1.54, 1.807) is 38.5 Å². The van der Waals surface area contributed by atoms with Crippen LogP contribution in [0.4, 0.5) is 0 Å². The van der Waals surface area contributed by atoms with Gasteiger partial charge in [0.1, 0.15) is 5.75 Å². The molecule has 0 aliphatic rings. The molecule has 0 aromatic heterocycles. The minimum Gasteiger partial charge on any atom is -0.493 e. The van der Waals surface area contributed by atoms with Crippen LogP contribution in [0.15, 0.2) is 36.4 Å². The van der Waals surface area contributed by atoms with E-state index in [2.05, 4.69) is 5.32 Å². The van der Waals surface area contributed by atoms with Gasteiger partial charge in [-0.1, -0.05) is 29.3 Å². The topological polar surface area (TPSA) is 56.8 Å². The minimum absolute atomic E-state index is 0.154. The van der Waals surface area contributed by atoms with Gasteiger partial charge in [-0.05, 0) is 42.8 Å². The number of amides is 1. The molecule has 0 bridgehead atoms. The SMILES string of the molecule is COc1ccc(C(C)NC(=O)COc2ccc(Cl)cc2Cl)cc1OC. The lowest BCUT2D eigenvalue weighted by atomic mass is 10.1. The van der Waals surface area contributed by atoms with Gasteiger partial charge in [-0.15, -0.1) is 0 Å². The average molecular weight is 384 g/mol. The fraction of sp³-hybridized carbons (Fsp3) is 0.278. The average Bonchev–Trinajstić information content (AvgIpc) is 2.60. The van der Waals surface area contributed by atoms with Crippen molar-refractivity contribution < 1.29 is 19.0 Å². The summed E-state index contributed by atoms with van der Waals surface area (Å²) in [5.41, 5.74) is 0.885. The Bertz CT molecular complexity index is 752. The van der Waals surface area contributed by atoms with Crippen molar-refractivity contribution in [2.24, 2.45) is 0 Å². The van der Waals surface area contributed by atoms with E-state index in [0.717, 1.165) is 5.56 Å². The Hall–Kier alpha value is -2.11. The molecule has 0 saturated carbocycles. The van der Waals surface area contributed by atoms with E-state index in [-0.39, 0.29) is 18.6 Å². The molecule has 2 rings (SSSR count). The Morgan fingerprint density at radius 1 is 1.04 bits per heavy atom. The molecule has 2 aromatic carbocycles. The Morgan fingerprint density at radius 2 is 1.72 bits per heavy atom. The van der Waals surface area contributed by atoms with Crippen LogP contribution in [0.2, 0.25) is 10.0 Å². The first-order valence-electron chi connectivity index (χ1n) is 7.53. The molecule has 25 heavy (non-hydrogen) atoms. The zero-order valence-corrected chi connectivity index (χ0v) is 15.6. The van der Waals surface area contributed by atoms with Crippen LogP contribution < -0.4 is 19.5 Å². The van der Waals surface area contributed by atoms with Crippen LogP contribution in [0.3, 0.4) is 0 Å². The molecule has 0 spiro atoms. The smallest absolute Gasteiger partial charge is 0.258 e. The summed E-state index contributed by atoms with van der Waals surface area (Å²) in [4.78, 5) is 12.1. The molecule has 0 aliphatic carbocycles. The summed E-state index contributed by atoms with van der Waals surface area (Å²) >= 11 is 11.8. The number of benzene rings is 2. The van der Waals surface area contributed by atoms with Gasteiger partial charge in [0.2, 0.25) is 0 Å². The maximum absolute atomic E-state index is 12.1. The zero-order chi connectivity index (χ0) is 18.4. The normalized spacial score (nSPS) is 11.6. The second kappa shape index (κ2) is 8.83. The molecular formula is C18H19Cl2NO4. The first-order chi connectivity index (χ1) is 11.9. The summed E-state index contributed by atoms with van der Waals surface area (Å²) in [6.45, 7) is 1.72. The van der Waals surface area contributed by atoms with Gasteiger partial charge in [-0.25, -0.2) is 0 Å². The standard InChI is InChI=1S/C18H19Cl2NO4/c1-11(12-4-6-16(23-2)17(8-12)24-3)21-18(22)10-25-15-7-5-13(19)9-14(15)20/h4-9,11H,10H2,1-3H3,(H,21,22). The fourth-order valence-electron chi connectivity index (χ4n) is 2.22. The molecule has 0 saturated heterocycles. The number of ether oxygens (including phenoxy) is 3. The molecule has 1 unspecified atom stereocenters. The van der Waals surface area contributed by atoms with Gasteiger partial charge in [0.05, 0.1) is 25.3 Å². The number of halogens is 2. The number of carbonyl (C=O) groups excluding carboxylic acids is 1. The van der Waals surface area contributed by atoms with Gasteiger partial charge in [0.25, 0.3) is 5.91 Å². The number of nitrogens with one attached hydrogen (secondary N) is 1. The maximum Gasteiger partial charge on any atom is 0.258 e. The van der Waals surface area contributed by atoms with Crippen LogP contribution in [0.5, 0.6) is 17.2 Å². The van der Waals surface area contributed by atoms with Gasteiger partial charge in [0, 0.05) is 5.02 Å². The minimum atomic E-state index is -0.270. The van der Waals surface area contributed by atoms with Gasteiger partial charge >= 0.3 is 0 Å². The summed E-state index contributed by atoms with van der Waals surface area (Å²) < 4.78 is 15.9. The number of hydrogen-bond acceptors (Lipinski definition) is 4. The molecule has 7 heteroatoms. The first kappa shape index (κ1) is 19.2. The van der Waals surface area contributed by atoms with Crippen molar-refractivity contribution >= 4 is 29.1 Å². The third-order valence-electron chi connectivity index (χ3n) is 3.54. The second-order valence-electron chi connectivity index (χ2n) is 5.27. The molecule has 0 fully saturated rings. The molecule has 1 amide bonds. The molecular weight excluding hydrogens is 365 g/mol. The van der Waals surface area contributed by atoms with E-state index in [1.165, 1.54) is 0 Å². The molecule has 2 aromatic rings. The summed E-state index contributed by atoms with van der Waals surface area (Å²) in [6.07, 6.45) is 0. The highest BCUT2D eigenvalue weighted by molar-refractivity contribution is 6.35. The zero-order valence-electron chi connectivity index (χ0n) is 14.1. The fourth-order valence-corrected chi connectivity index (χ4v) is 2.69. The van der Waals surface area contributed by atoms with Crippen LogP contribution in [0.1, 0.15) is 18.5 Å². The molecule has 134 valence electrons. The Kier molecular flexibility index (Phi) is 6.79. The summed E-state index contributed by atoms with van der Waals surface area (Å²) in [5, 5.41) is 3.72. The Morgan fingerprint density at radius 3 is 2.36 bits per heavy atom. The highest BCUT2D eigenvalue weighted by Crippen LogP contribution is 2.30. The van der Waals surface area contributed by atoms with Crippen LogP contribution in [-0.2, 0) is 4.79 Å². The van der Waals surface area contributed by atoms with Gasteiger partial charge < -0.3 is 19.5 Å². The highest BCUT2D eigenvalue weighted by Gasteiger charge is 2.13. The van der Waals surface area contributed by atoms with Crippen LogP contribution in [-0.4, -0.2) is 26.7 Å². The first-order valence-corrected chi connectivity index (χ1v) is 8.29. The lowest BCUT2D eigenvalue weighted by molar-refractivity contribution is -0.123. The highest BCUT2D eigenvalue weighted by atomic mass is 35.5. The molecule has 0 radical (unpaired) electrons. The van der Waals surface area contributed by atoms with Crippen LogP contribution in [0, 0.1) is 0 Å². The monoisotopic (exact) mass is 383 g/mol. The third-order valence-corrected chi connectivity index (χ3v) is 4.07. The van der Waals surface area contributed by atoms with E-state index in [4.69, 9.17) is 37.4 Å². The largest absolute Gasteiger partial charge is 0.493 e. The van der Waals surface area contributed by atoms with Crippen molar-refractivity contribution in [2.45, 2.75) is 13.0 Å². The van der Waals surface area contributed by atoms with E-state index in [1.807, 2.05) is 19.1 Å². The maximum atomic E-state index is 12.1. The molecule has 1 atom stereocenters. The quantitative estimate of drug-likeness (QED) is 0.775. The number of rotatable bonds is 7. The predicted octanol–water partition coefficient (Wildman–Crippen LogP) is 4.27. The van der Waals surface area contributed by atoms with Crippen molar-refractivity contribution in [3.05, 3.63) is 52.0 Å². The lowest BCUT2D eigenvalue weighted by Crippen LogP contribution is -2.31. The van der Waals surface area contributed by atoms with E-state index < -0.39 is 0 Å². The second-order valence-corrected chi connectivity index (χ2v) is 6.11. The van der Waals surface area contributed by atoms with Gasteiger partial charge in [-0.2, -0.15) is 0 Å². The lowest BCUT2D eigenvalue weighted by Gasteiger charge is -2.17. The number of hydrogen-bond donors (Lipinski definition) is 1. The molecule has 5 nitrogen and oxygen atoms in total. The van der Waals surface area contributed by atoms with Crippen LogP contribution >= 0.6 is 23.2 Å². The van der Waals surface area contributed by atoms with Crippen LogP contribution in [0.25, 0.3) is 0 Å².